The summed E-state index contributed by atoms with van der Waals surface area (Å²) in [5.74, 6) is -0.443. The highest BCUT2D eigenvalue weighted by Gasteiger charge is 2.40. The molecule has 0 spiro atoms. The first-order chi connectivity index (χ1) is 9.04. The van der Waals surface area contributed by atoms with E-state index in [1.165, 1.54) is 6.08 Å². The molecule has 0 aromatic rings. The maximum Gasteiger partial charge on any atom is 0.333 e. The third kappa shape index (κ3) is 2.72. The van der Waals surface area contributed by atoms with Crippen LogP contribution in [-0.2, 0) is 14.3 Å². The molecule has 0 unspecified atom stereocenters. The number of nitrogens with zero attached hydrogens (tertiary/aromatic N) is 1. The van der Waals surface area contributed by atoms with Gasteiger partial charge in [-0.3, -0.25) is 4.79 Å². The summed E-state index contributed by atoms with van der Waals surface area (Å²) >= 11 is 0. The second kappa shape index (κ2) is 5.59. The molecular weight excluding hydrogens is 242 g/mol. The van der Waals surface area contributed by atoms with Crippen LogP contribution in [0.1, 0.15) is 39.5 Å². The van der Waals surface area contributed by atoms with Gasteiger partial charge in [-0.05, 0) is 33.1 Å². The fourth-order valence-corrected chi connectivity index (χ4v) is 2.93. The molecule has 4 heteroatoms. The third-order valence-corrected chi connectivity index (χ3v) is 3.91. The van der Waals surface area contributed by atoms with Crippen LogP contribution in [0.4, 0.5) is 0 Å². The zero-order valence-electron chi connectivity index (χ0n) is 11.6. The molecule has 0 aromatic carbocycles. The maximum atomic E-state index is 12.1. The van der Waals surface area contributed by atoms with Gasteiger partial charge in [-0.15, -0.1) is 6.58 Å². The largest absolute Gasteiger partial charge is 0.445 e. The molecule has 19 heavy (non-hydrogen) atoms. The van der Waals surface area contributed by atoms with Gasteiger partial charge in [0.25, 0.3) is 0 Å². The molecule has 0 aromatic heterocycles. The van der Waals surface area contributed by atoms with Crippen LogP contribution in [0.3, 0.4) is 0 Å². The first-order valence-electron chi connectivity index (χ1n) is 6.88. The van der Waals surface area contributed by atoms with E-state index in [4.69, 9.17) is 4.74 Å². The average Bonchev–Trinajstić information content (AvgIpc) is 2.89. The normalized spacial score (nSPS) is 30.2. The number of ketones is 1. The van der Waals surface area contributed by atoms with Crippen LogP contribution in [0.25, 0.3) is 0 Å². The lowest BCUT2D eigenvalue weighted by Gasteiger charge is -2.31. The van der Waals surface area contributed by atoms with E-state index >= 15 is 0 Å². The predicted octanol–water partition coefficient (Wildman–Crippen LogP) is 2.20. The number of carbonyl (C=O) groups excluding carboxylic acids is 2. The summed E-state index contributed by atoms with van der Waals surface area (Å²) in [6.45, 7) is 7.86. The van der Waals surface area contributed by atoms with Crippen LogP contribution in [0.15, 0.2) is 24.4 Å². The number of ether oxygens (including phenoxy) is 1. The first-order valence-corrected chi connectivity index (χ1v) is 6.88. The van der Waals surface area contributed by atoms with Crippen molar-refractivity contribution in [2.24, 2.45) is 0 Å². The summed E-state index contributed by atoms with van der Waals surface area (Å²) < 4.78 is 5.18. The Bertz CT molecular complexity index is 417. The van der Waals surface area contributed by atoms with Gasteiger partial charge in [-0.25, -0.2) is 4.79 Å². The number of hydrogen-bond acceptors (Lipinski definition) is 4. The molecule has 104 valence electrons. The van der Waals surface area contributed by atoms with E-state index in [-0.39, 0.29) is 5.78 Å². The Morgan fingerprint density at radius 1 is 1.47 bits per heavy atom. The van der Waals surface area contributed by atoms with Crippen LogP contribution in [-0.4, -0.2) is 34.8 Å². The number of hydrogen-bond donors (Lipinski definition) is 0. The SMILES string of the molecule is C=CCCC(=O)[C@@H]1OC(=O)C=C1N1[C@H](C)CC[C@H]1C. The van der Waals surface area contributed by atoms with Gasteiger partial charge >= 0.3 is 5.97 Å². The Labute approximate surface area is 114 Å². The van der Waals surface area contributed by atoms with E-state index in [1.807, 2.05) is 0 Å². The van der Waals surface area contributed by atoms with E-state index in [1.54, 1.807) is 6.08 Å². The Kier molecular flexibility index (Phi) is 4.08. The molecule has 2 aliphatic rings. The molecule has 1 fully saturated rings. The molecule has 2 rings (SSSR count). The highest BCUT2D eigenvalue weighted by molar-refractivity contribution is 5.95. The molecule has 4 nitrogen and oxygen atoms in total. The summed E-state index contributed by atoms with van der Waals surface area (Å²) in [4.78, 5) is 25.8. The minimum atomic E-state index is -0.713. The Morgan fingerprint density at radius 3 is 2.68 bits per heavy atom. The second-order valence-corrected chi connectivity index (χ2v) is 5.36. The third-order valence-electron chi connectivity index (χ3n) is 3.91. The van der Waals surface area contributed by atoms with Crippen molar-refractivity contribution in [1.82, 2.24) is 4.90 Å². The van der Waals surface area contributed by atoms with Gasteiger partial charge in [0.1, 0.15) is 0 Å². The maximum absolute atomic E-state index is 12.1. The van der Waals surface area contributed by atoms with Crippen molar-refractivity contribution >= 4 is 11.8 Å². The van der Waals surface area contributed by atoms with E-state index in [2.05, 4.69) is 25.3 Å². The number of esters is 1. The summed E-state index contributed by atoms with van der Waals surface area (Å²) in [5.41, 5.74) is 0.747. The Morgan fingerprint density at radius 2 is 2.11 bits per heavy atom. The summed E-state index contributed by atoms with van der Waals surface area (Å²) in [6.07, 6.45) is 5.63. The summed E-state index contributed by atoms with van der Waals surface area (Å²) in [6, 6.07) is 0.705. The van der Waals surface area contributed by atoms with Crippen molar-refractivity contribution in [1.29, 1.82) is 0 Å². The zero-order valence-corrected chi connectivity index (χ0v) is 11.6. The average molecular weight is 263 g/mol. The van der Waals surface area contributed by atoms with Crippen molar-refractivity contribution < 1.29 is 14.3 Å². The van der Waals surface area contributed by atoms with Crippen molar-refractivity contribution in [2.45, 2.75) is 57.7 Å². The molecule has 2 aliphatic heterocycles. The van der Waals surface area contributed by atoms with E-state index < -0.39 is 12.1 Å². The first kappa shape index (κ1) is 13.8. The van der Waals surface area contributed by atoms with Gasteiger partial charge in [0.15, 0.2) is 11.9 Å². The van der Waals surface area contributed by atoms with Crippen molar-refractivity contribution in [3.05, 3.63) is 24.4 Å². The van der Waals surface area contributed by atoms with Gasteiger partial charge < -0.3 is 9.64 Å². The summed E-state index contributed by atoms with van der Waals surface area (Å²) in [5, 5.41) is 0. The number of carbonyl (C=O) groups is 2. The monoisotopic (exact) mass is 263 g/mol. The Hall–Kier alpha value is -1.58. The molecule has 3 atom stereocenters. The van der Waals surface area contributed by atoms with Crippen LogP contribution < -0.4 is 0 Å². The molecule has 0 amide bonds. The van der Waals surface area contributed by atoms with E-state index in [0.717, 1.165) is 18.5 Å². The van der Waals surface area contributed by atoms with Crippen molar-refractivity contribution in [3.8, 4) is 0 Å². The molecule has 0 N–H and O–H groups in total. The lowest BCUT2D eigenvalue weighted by molar-refractivity contribution is -0.146. The minimum Gasteiger partial charge on any atom is -0.445 e. The summed E-state index contributed by atoms with van der Waals surface area (Å²) in [7, 11) is 0. The zero-order chi connectivity index (χ0) is 14.0. The van der Waals surface area contributed by atoms with Gasteiger partial charge in [-0.2, -0.15) is 0 Å². The number of rotatable bonds is 5. The van der Waals surface area contributed by atoms with Crippen molar-refractivity contribution in [2.75, 3.05) is 0 Å². The van der Waals surface area contributed by atoms with Crippen LogP contribution in [0.5, 0.6) is 0 Å². The van der Waals surface area contributed by atoms with Crippen LogP contribution in [0.2, 0.25) is 0 Å². The van der Waals surface area contributed by atoms with Crippen LogP contribution >= 0.6 is 0 Å². The van der Waals surface area contributed by atoms with E-state index in [9.17, 15) is 9.59 Å². The smallest absolute Gasteiger partial charge is 0.333 e. The van der Waals surface area contributed by atoms with Gasteiger partial charge in [0.2, 0.25) is 0 Å². The molecule has 0 bridgehead atoms. The molecular formula is C15H21NO3. The van der Waals surface area contributed by atoms with Gasteiger partial charge in [0, 0.05) is 24.6 Å². The van der Waals surface area contributed by atoms with Gasteiger partial charge in [-0.1, -0.05) is 6.08 Å². The van der Waals surface area contributed by atoms with Crippen molar-refractivity contribution in [3.63, 3.8) is 0 Å². The lowest BCUT2D eigenvalue weighted by Crippen LogP contribution is -2.39. The molecule has 0 radical (unpaired) electrons. The number of Topliss-reactive ketones (excluding diaryl/α,β-unsaturated/α-hetero) is 1. The lowest BCUT2D eigenvalue weighted by atomic mass is 10.1. The number of cyclic esters (lactones) is 1. The number of likely N-dealkylation sites (tertiary alicyclic amines) is 1. The molecule has 1 saturated heterocycles. The van der Waals surface area contributed by atoms with Gasteiger partial charge in [0.05, 0.1) is 5.70 Å². The highest BCUT2D eigenvalue weighted by atomic mass is 16.6. The molecule has 0 aliphatic carbocycles. The van der Waals surface area contributed by atoms with E-state index in [0.29, 0.717) is 24.9 Å². The molecule has 0 saturated carbocycles. The minimum absolute atomic E-state index is 0.0386. The fourth-order valence-electron chi connectivity index (χ4n) is 2.93. The predicted molar refractivity (Wildman–Crippen MR) is 72.4 cm³/mol. The quantitative estimate of drug-likeness (QED) is 0.563. The standard InChI is InChI=1S/C15H21NO3/c1-4-5-6-13(17)15-12(9-14(18)19-15)16-10(2)7-8-11(16)3/h4,9-11,15H,1,5-8H2,2-3H3/t10-,11-,15-/m1/s1. The van der Waals surface area contributed by atoms with Crippen LogP contribution in [0, 0.1) is 0 Å². The fraction of sp³-hybridized carbons (Fsp3) is 0.600. The highest BCUT2D eigenvalue weighted by Crippen LogP contribution is 2.33. The topological polar surface area (TPSA) is 46.6 Å². The second-order valence-electron chi connectivity index (χ2n) is 5.36. The Balaban J connectivity index is 2.16. The number of allylic oxidation sites excluding steroid dienone is 1. The molecule has 2 heterocycles.